The first-order valence-electron chi connectivity index (χ1n) is 9.75. The van der Waals surface area contributed by atoms with Crippen molar-refractivity contribution in [3.05, 3.63) is 78.4 Å². The van der Waals surface area contributed by atoms with E-state index in [-0.39, 0.29) is 10.8 Å². The molecule has 4 rings (SSSR count). The van der Waals surface area contributed by atoms with E-state index in [0.29, 0.717) is 36.6 Å². The van der Waals surface area contributed by atoms with E-state index in [1.807, 2.05) is 37.3 Å². The van der Waals surface area contributed by atoms with E-state index in [4.69, 9.17) is 4.74 Å². The lowest BCUT2D eigenvalue weighted by atomic mass is 10.2. The molecule has 1 aliphatic rings. The van der Waals surface area contributed by atoms with Gasteiger partial charge in [-0.05, 0) is 66.6 Å². The highest BCUT2D eigenvalue weighted by Crippen LogP contribution is 2.31. The third-order valence-electron chi connectivity index (χ3n) is 4.95. The van der Waals surface area contributed by atoms with Gasteiger partial charge in [0.25, 0.3) is 10.0 Å². The molecule has 0 saturated heterocycles. The summed E-state index contributed by atoms with van der Waals surface area (Å²) in [5.41, 5.74) is 2.10. The van der Waals surface area contributed by atoms with E-state index in [2.05, 4.69) is 4.72 Å². The summed E-state index contributed by atoms with van der Waals surface area (Å²) in [5.74, 6) is 1.36. The number of para-hydroxylation sites is 1. The lowest BCUT2D eigenvalue weighted by Crippen LogP contribution is -2.27. The Balaban J connectivity index is 1.49. The normalized spacial score (nSPS) is 13.0. The van der Waals surface area contributed by atoms with Gasteiger partial charge < -0.3 is 9.64 Å². The third-order valence-corrected chi connectivity index (χ3v) is 6.32. The second-order valence-corrected chi connectivity index (χ2v) is 8.67. The molecule has 0 atom stereocenters. The Labute approximate surface area is 176 Å². The van der Waals surface area contributed by atoms with Crippen molar-refractivity contribution in [3.63, 3.8) is 0 Å². The molecule has 0 unspecified atom stereocenters. The summed E-state index contributed by atoms with van der Waals surface area (Å²) in [6.45, 7) is 2.40. The van der Waals surface area contributed by atoms with Gasteiger partial charge in [-0.2, -0.15) is 0 Å². The van der Waals surface area contributed by atoms with Crippen LogP contribution in [-0.2, 0) is 21.2 Å². The quantitative estimate of drug-likeness (QED) is 0.631. The molecule has 6 nitrogen and oxygen atoms in total. The van der Waals surface area contributed by atoms with E-state index >= 15 is 0 Å². The number of hydrogen-bond donors (Lipinski definition) is 1. The zero-order valence-corrected chi connectivity index (χ0v) is 17.4. The molecule has 0 saturated carbocycles. The minimum Gasteiger partial charge on any atom is -0.457 e. The zero-order chi connectivity index (χ0) is 21.1. The maximum Gasteiger partial charge on any atom is 0.261 e. The van der Waals surface area contributed by atoms with Crippen molar-refractivity contribution in [3.8, 4) is 11.5 Å². The number of sulfonamides is 1. The lowest BCUT2D eigenvalue weighted by molar-refractivity contribution is -0.118. The molecule has 0 radical (unpaired) electrons. The molecule has 0 bridgehead atoms. The second kappa shape index (κ2) is 8.20. The van der Waals surface area contributed by atoms with Crippen molar-refractivity contribution in [2.45, 2.75) is 24.7 Å². The Morgan fingerprint density at radius 3 is 2.40 bits per heavy atom. The predicted octanol–water partition coefficient (Wildman–Crippen LogP) is 4.58. The first-order chi connectivity index (χ1) is 14.5. The number of hydrogen-bond acceptors (Lipinski definition) is 4. The first-order valence-corrected chi connectivity index (χ1v) is 11.2. The molecule has 0 spiro atoms. The first kappa shape index (κ1) is 20.0. The summed E-state index contributed by atoms with van der Waals surface area (Å²) in [6.07, 6.45) is 1.07. The second-order valence-electron chi connectivity index (χ2n) is 6.98. The van der Waals surface area contributed by atoms with Crippen LogP contribution in [0.2, 0.25) is 0 Å². The topological polar surface area (TPSA) is 75.7 Å². The summed E-state index contributed by atoms with van der Waals surface area (Å²) in [7, 11) is -3.74. The summed E-state index contributed by atoms with van der Waals surface area (Å²) >= 11 is 0. The maximum atomic E-state index is 12.8. The van der Waals surface area contributed by atoms with Crippen LogP contribution in [0, 0.1) is 0 Å². The van der Waals surface area contributed by atoms with E-state index in [0.717, 1.165) is 11.3 Å². The van der Waals surface area contributed by atoms with Gasteiger partial charge in [0.15, 0.2) is 0 Å². The molecule has 30 heavy (non-hydrogen) atoms. The van der Waals surface area contributed by atoms with Crippen molar-refractivity contribution >= 4 is 27.3 Å². The molecule has 1 heterocycles. The van der Waals surface area contributed by atoms with Gasteiger partial charge in [-0.1, -0.05) is 25.1 Å². The van der Waals surface area contributed by atoms with Gasteiger partial charge in [0, 0.05) is 24.3 Å². The van der Waals surface area contributed by atoms with Gasteiger partial charge >= 0.3 is 0 Å². The van der Waals surface area contributed by atoms with Gasteiger partial charge in [-0.15, -0.1) is 0 Å². The molecule has 1 amide bonds. The number of benzene rings is 3. The average Bonchev–Trinajstić information content (AvgIpc) is 3.18. The van der Waals surface area contributed by atoms with Gasteiger partial charge in [-0.3, -0.25) is 9.52 Å². The number of ether oxygens (including phenoxy) is 1. The molecule has 1 N–H and O–H groups in total. The molecule has 7 heteroatoms. The zero-order valence-electron chi connectivity index (χ0n) is 16.5. The lowest BCUT2D eigenvalue weighted by Gasteiger charge is -2.16. The SMILES string of the molecule is CCC(=O)N1CCc2cc(S(=O)(=O)Nc3ccc(Oc4ccccc4)cc3)ccc21. The summed E-state index contributed by atoms with van der Waals surface area (Å²) in [5, 5.41) is 0. The fraction of sp³-hybridized carbons (Fsp3) is 0.174. The summed E-state index contributed by atoms with van der Waals surface area (Å²) < 4.78 is 34.0. The maximum absolute atomic E-state index is 12.8. The van der Waals surface area contributed by atoms with Crippen LogP contribution < -0.4 is 14.4 Å². The molecule has 0 fully saturated rings. The summed E-state index contributed by atoms with van der Waals surface area (Å²) in [4.78, 5) is 13.9. The highest BCUT2D eigenvalue weighted by atomic mass is 32.2. The summed E-state index contributed by atoms with van der Waals surface area (Å²) in [6, 6.07) is 21.0. The van der Waals surface area contributed by atoms with Crippen LogP contribution in [0.3, 0.4) is 0 Å². The van der Waals surface area contributed by atoms with Crippen LogP contribution in [0.5, 0.6) is 11.5 Å². The number of nitrogens with one attached hydrogen (secondary N) is 1. The van der Waals surface area contributed by atoms with Gasteiger partial charge in [0.2, 0.25) is 5.91 Å². The van der Waals surface area contributed by atoms with Crippen molar-refractivity contribution in [1.82, 2.24) is 0 Å². The molecule has 0 aliphatic carbocycles. The van der Waals surface area contributed by atoms with Crippen molar-refractivity contribution in [2.24, 2.45) is 0 Å². The van der Waals surface area contributed by atoms with Crippen LogP contribution in [-0.4, -0.2) is 20.9 Å². The molecule has 0 aromatic heterocycles. The fourth-order valence-electron chi connectivity index (χ4n) is 3.42. The van der Waals surface area contributed by atoms with E-state index in [9.17, 15) is 13.2 Å². The number of carbonyl (C=O) groups is 1. The molecule has 154 valence electrons. The van der Waals surface area contributed by atoms with Crippen molar-refractivity contribution < 1.29 is 17.9 Å². The smallest absolute Gasteiger partial charge is 0.261 e. The Hall–Kier alpha value is -3.32. The van der Waals surface area contributed by atoms with Crippen LogP contribution in [0.4, 0.5) is 11.4 Å². The van der Waals surface area contributed by atoms with Crippen LogP contribution in [0.25, 0.3) is 0 Å². The Morgan fingerprint density at radius 1 is 1.00 bits per heavy atom. The van der Waals surface area contributed by atoms with E-state index in [1.54, 1.807) is 41.3 Å². The van der Waals surface area contributed by atoms with Crippen molar-refractivity contribution in [1.29, 1.82) is 0 Å². The highest BCUT2D eigenvalue weighted by molar-refractivity contribution is 7.92. The number of anilines is 2. The number of nitrogens with zero attached hydrogens (tertiary/aromatic N) is 1. The van der Waals surface area contributed by atoms with Gasteiger partial charge in [-0.25, -0.2) is 8.42 Å². The number of rotatable bonds is 6. The minimum absolute atomic E-state index is 0.0419. The molecular weight excluding hydrogens is 400 g/mol. The standard InChI is InChI=1S/C23H22N2O4S/c1-2-23(26)25-15-14-17-16-21(12-13-22(17)25)30(27,28)24-18-8-10-20(11-9-18)29-19-6-4-3-5-7-19/h3-13,16,24H,2,14-15H2,1H3. The van der Waals surface area contributed by atoms with Gasteiger partial charge in [0.1, 0.15) is 11.5 Å². The molecule has 1 aliphatic heterocycles. The monoisotopic (exact) mass is 422 g/mol. The molecule has 3 aromatic rings. The average molecular weight is 423 g/mol. The van der Waals surface area contributed by atoms with Crippen molar-refractivity contribution in [2.75, 3.05) is 16.2 Å². The minimum atomic E-state index is -3.74. The Morgan fingerprint density at radius 2 is 1.70 bits per heavy atom. The van der Waals surface area contributed by atoms with E-state index < -0.39 is 10.0 Å². The molecule has 3 aromatic carbocycles. The van der Waals surface area contributed by atoms with Crippen LogP contribution in [0.1, 0.15) is 18.9 Å². The van der Waals surface area contributed by atoms with Crippen LogP contribution in [0.15, 0.2) is 77.7 Å². The number of carbonyl (C=O) groups excluding carboxylic acids is 1. The third kappa shape index (κ3) is 4.16. The van der Waals surface area contributed by atoms with Crippen LogP contribution >= 0.6 is 0 Å². The fourth-order valence-corrected chi connectivity index (χ4v) is 4.53. The Bertz CT molecular complexity index is 1160. The van der Waals surface area contributed by atoms with Gasteiger partial charge in [0.05, 0.1) is 4.90 Å². The largest absolute Gasteiger partial charge is 0.457 e. The number of fused-ring (bicyclic) bond motifs is 1. The van der Waals surface area contributed by atoms with E-state index in [1.165, 1.54) is 6.07 Å². The highest BCUT2D eigenvalue weighted by Gasteiger charge is 2.25. The molecular formula is C23H22N2O4S. The number of amides is 1. The predicted molar refractivity (Wildman–Crippen MR) is 117 cm³/mol. The Kier molecular flexibility index (Phi) is 5.46.